The Kier molecular flexibility index (Phi) is 4.85. The summed E-state index contributed by atoms with van der Waals surface area (Å²) in [7, 11) is 0. The maximum absolute atomic E-state index is 13.0. The van der Waals surface area contributed by atoms with Gasteiger partial charge in [-0.1, -0.05) is 38.1 Å². The zero-order valence-electron chi connectivity index (χ0n) is 16.1. The number of likely N-dealkylation sites (tertiary alicyclic amines) is 2. The van der Waals surface area contributed by atoms with Crippen LogP contribution in [0.15, 0.2) is 36.4 Å². The molecule has 1 aromatic heterocycles. The van der Waals surface area contributed by atoms with Gasteiger partial charge < -0.3 is 9.80 Å². The third-order valence-corrected chi connectivity index (χ3v) is 5.81. The number of nitrogens with zero attached hydrogens (tertiary/aromatic N) is 3. The molecule has 2 aliphatic rings. The van der Waals surface area contributed by atoms with Gasteiger partial charge in [0.2, 0.25) is 5.91 Å². The second kappa shape index (κ2) is 7.29. The van der Waals surface area contributed by atoms with Gasteiger partial charge in [0.05, 0.1) is 5.52 Å². The highest BCUT2D eigenvalue weighted by atomic mass is 16.2. The zero-order valence-corrected chi connectivity index (χ0v) is 16.1. The molecule has 0 radical (unpaired) electrons. The predicted molar refractivity (Wildman–Crippen MR) is 105 cm³/mol. The minimum atomic E-state index is 0.00603. The highest BCUT2D eigenvalue weighted by Crippen LogP contribution is 2.32. The van der Waals surface area contributed by atoms with E-state index < -0.39 is 0 Å². The summed E-state index contributed by atoms with van der Waals surface area (Å²) in [5.74, 6) is 1.13. The number of aromatic nitrogens is 1. The molecule has 2 amide bonds. The van der Waals surface area contributed by atoms with Crippen molar-refractivity contribution in [1.82, 2.24) is 14.8 Å². The fraction of sp³-hybridized carbons (Fsp3) is 0.500. The summed E-state index contributed by atoms with van der Waals surface area (Å²) in [6.07, 6.45) is 2.35. The van der Waals surface area contributed by atoms with E-state index >= 15 is 0 Å². The Hall–Kier alpha value is -2.43. The molecule has 142 valence electrons. The Morgan fingerprint density at radius 3 is 2.81 bits per heavy atom. The zero-order chi connectivity index (χ0) is 19.0. The highest BCUT2D eigenvalue weighted by Gasteiger charge is 2.40. The molecule has 1 aromatic carbocycles. The number of piperidine rings is 2. The Labute approximate surface area is 160 Å². The van der Waals surface area contributed by atoms with Crippen LogP contribution in [0.1, 0.15) is 43.6 Å². The molecule has 2 aromatic rings. The lowest BCUT2D eigenvalue weighted by Crippen LogP contribution is -2.57. The summed E-state index contributed by atoms with van der Waals surface area (Å²) in [5, 5.41) is 1.04. The topological polar surface area (TPSA) is 53.5 Å². The number of hydrogen-bond donors (Lipinski definition) is 0. The summed E-state index contributed by atoms with van der Waals surface area (Å²) in [4.78, 5) is 34.0. The van der Waals surface area contributed by atoms with Crippen molar-refractivity contribution in [3.63, 3.8) is 0 Å². The molecule has 2 aliphatic heterocycles. The molecule has 5 nitrogen and oxygen atoms in total. The molecule has 0 aliphatic carbocycles. The monoisotopic (exact) mass is 365 g/mol. The molecule has 0 saturated carbocycles. The normalized spacial score (nSPS) is 23.0. The molecule has 4 rings (SSSR count). The number of amides is 2. The summed E-state index contributed by atoms with van der Waals surface area (Å²) < 4.78 is 0. The number of para-hydroxylation sites is 1. The minimum absolute atomic E-state index is 0.00603. The molecule has 0 bridgehead atoms. The van der Waals surface area contributed by atoms with Gasteiger partial charge in [-0.2, -0.15) is 0 Å². The Morgan fingerprint density at radius 1 is 1.19 bits per heavy atom. The van der Waals surface area contributed by atoms with Gasteiger partial charge in [0, 0.05) is 37.5 Å². The fourth-order valence-electron chi connectivity index (χ4n) is 4.51. The van der Waals surface area contributed by atoms with E-state index in [1.807, 2.05) is 41.3 Å². The lowest BCUT2D eigenvalue weighted by atomic mass is 9.83. The largest absolute Gasteiger partial charge is 0.339 e. The van der Waals surface area contributed by atoms with E-state index in [1.54, 1.807) is 0 Å². The van der Waals surface area contributed by atoms with Crippen molar-refractivity contribution in [1.29, 1.82) is 0 Å². The molecular formula is C22H27N3O2. The van der Waals surface area contributed by atoms with E-state index in [2.05, 4.69) is 23.7 Å². The maximum Gasteiger partial charge on any atom is 0.272 e. The first-order chi connectivity index (χ1) is 13.0. The van der Waals surface area contributed by atoms with Gasteiger partial charge >= 0.3 is 0 Å². The number of pyridine rings is 1. The smallest absolute Gasteiger partial charge is 0.272 e. The lowest BCUT2D eigenvalue weighted by molar-refractivity contribution is -0.141. The van der Waals surface area contributed by atoms with Crippen LogP contribution in [0.5, 0.6) is 0 Å². The van der Waals surface area contributed by atoms with Crippen LogP contribution >= 0.6 is 0 Å². The third kappa shape index (κ3) is 3.55. The van der Waals surface area contributed by atoms with E-state index in [0.29, 0.717) is 30.5 Å². The van der Waals surface area contributed by atoms with Crippen LogP contribution in [0, 0.1) is 11.8 Å². The van der Waals surface area contributed by atoms with Crippen molar-refractivity contribution in [2.45, 2.75) is 39.2 Å². The van der Waals surface area contributed by atoms with E-state index in [0.717, 1.165) is 36.8 Å². The Bertz CT molecular complexity index is 864. The van der Waals surface area contributed by atoms with Crippen LogP contribution in [0.4, 0.5) is 0 Å². The van der Waals surface area contributed by atoms with Crippen LogP contribution in [-0.4, -0.2) is 52.3 Å². The molecule has 2 fully saturated rings. The summed E-state index contributed by atoms with van der Waals surface area (Å²) in [6, 6.07) is 11.9. The van der Waals surface area contributed by atoms with Gasteiger partial charge in [-0.25, -0.2) is 4.98 Å². The van der Waals surface area contributed by atoms with E-state index in [-0.39, 0.29) is 17.9 Å². The van der Waals surface area contributed by atoms with Crippen molar-refractivity contribution in [2.24, 2.45) is 11.8 Å². The number of carbonyl (C=O) groups excluding carboxylic acids is 2. The van der Waals surface area contributed by atoms with E-state index in [1.165, 1.54) is 0 Å². The van der Waals surface area contributed by atoms with Crippen LogP contribution in [0.2, 0.25) is 0 Å². The average Bonchev–Trinajstić information content (AvgIpc) is 2.68. The second-order valence-corrected chi connectivity index (χ2v) is 8.24. The molecule has 0 spiro atoms. The lowest BCUT2D eigenvalue weighted by Gasteiger charge is -2.47. The summed E-state index contributed by atoms with van der Waals surface area (Å²) >= 11 is 0. The number of rotatable bonds is 3. The minimum Gasteiger partial charge on any atom is -0.339 e. The van der Waals surface area contributed by atoms with Crippen LogP contribution in [0.3, 0.4) is 0 Å². The molecule has 3 heterocycles. The maximum atomic E-state index is 13.0. The Morgan fingerprint density at radius 2 is 2.00 bits per heavy atom. The van der Waals surface area contributed by atoms with Crippen molar-refractivity contribution in [3.05, 3.63) is 42.1 Å². The number of hydrogen-bond acceptors (Lipinski definition) is 3. The standard InChI is InChI=1S/C22H27N3O2/c1-15(2)13-25-20-11-12-24(14-17(20)8-10-21(25)26)22(27)19-9-7-16-5-3-4-6-18(16)23-19/h3-7,9,15,17,20H,8,10-14H2,1-2H3/t17-,20+/m1/s1. The van der Waals surface area contributed by atoms with E-state index in [9.17, 15) is 9.59 Å². The predicted octanol–water partition coefficient (Wildman–Crippen LogP) is 3.34. The number of fused-ring (bicyclic) bond motifs is 2. The van der Waals surface area contributed by atoms with Crippen molar-refractivity contribution >= 4 is 22.7 Å². The van der Waals surface area contributed by atoms with Gasteiger partial charge in [0.25, 0.3) is 5.91 Å². The number of benzene rings is 1. The highest BCUT2D eigenvalue weighted by molar-refractivity contribution is 5.95. The SMILES string of the molecule is CC(C)CN1C(=O)CC[C@@H]2CN(C(=O)c3ccc4ccccc4n3)CC[C@@H]21. The molecule has 27 heavy (non-hydrogen) atoms. The van der Waals surface area contributed by atoms with Crippen molar-refractivity contribution in [3.8, 4) is 0 Å². The second-order valence-electron chi connectivity index (χ2n) is 8.24. The first-order valence-electron chi connectivity index (χ1n) is 9.97. The first-order valence-corrected chi connectivity index (χ1v) is 9.97. The van der Waals surface area contributed by atoms with Gasteiger partial charge in [-0.3, -0.25) is 9.59 Å². The van der Waals surface area contributed by atoms with Gasteiger partial charge in [-0.15, -0.1) is 0 Å². The van der Waals surface area contributed by atoms with Crippen molar-refractivity contribution < 1.29 is 9.59 Å². The van der Waals surface area contributed by atoms with Crippen LogP contribution in [-0.2, 0) is 4.79 Å². The quantitative estimate of drug-likeness (QED) is 0.838. The molecule has 2 atom stereocenters. The molecule has 0 N–H and O–H groups in total. The fourth-order valence-corrected chi connectivity index (χ4v) is 4.51. The Balaban J connectivity index is 1.50. The van der Waals surface area contributed by atoms with Gasteiger partial charge in [-0.05, 0) is 36.8 Å². The molecule has 5 heteroatoms. The van der Waals surface area contributed by atoms with Gasteiger partial charge in [0.15, 0.2) is 0 Å². The average molecular weight is 365 g/mol. The first kappa shape index (κ1) is 18.0. The molecular weight excluding hydrogens is 338 g/mol. The van der Waals surface area contributed by atoms with Crippen LogP contribution < -0.4 is 0 Å². The summed E-state index contributed by atoms with van der Waals surface area (Å²) in [6.45, 7) is 6.54. The van der Waals surface area contributed by atoms with Gasteiger partial charge in [0.1, 0.15) is 5.69 Å². The molecule has 2 saturated heterocycles. The summed E-state index contributed by atoms with van der Waals surface area (Å²) in [5.41, 5.74) is 1.36. The van der Waals surface area contributed by atoms with Crippen LogP contribution in [0.25, 0.3) is 10.9 Å². The third-order valence-electron chi connectivity index (χ3n) is 5.81. The number of carbonyl (C=O) groups is 2. The molecule has 0 unspecified atom stereocenters. The van der Waals surface area contributed by atoms with E-state index in [4.69, 9.17) is 0 Å². The van der Waals surface area contributed by atoms with Crippen molar-refractivity contribution in [2.75, 3.05) is 19.6 Å².